The predicted molar refractivity (Wildman–Crippen MR) is 113 cm³/mol. The first-order valence-corrected chi connectivity index (χ1v) is 13.3. The maximum atomic E-state index is 13.8. The summed E-state index contributed by atoms with van der Waals surface area (Å²) in [6.07, 6.45) is 4.24. The van der Waals surface area contributed by atoms with Crippen molar-refractivity contribution in [2.24, 2.45) is 0 Å². The summed E-state index contributed by atoms with van der Waals surface area (Å²) in [6.45, 7) is 3.80. The molecule has 130 valence electrons. The molecule has 0 saturated carbocycles. The van der Waals surface area contributed by atoms with Crippen LogP contribution in [0.15, 0.2) is 104 Å². The van der Waals surface area contributed by atoms with E-state index in [0.717, 1.165) is 12.8 Å². The topological polar surface area (TPSA) is 17.1 Å². The van der Waals surface area contributed by atoms with Crippen LogP contribution in [-0.4, -0.2) is 17.9 Å². The van der Waals surface area contributed by atoms with Gasteiger partial charge in [0.05, 0.1) is 0 Å². The summed E-state index contributed by atoms with van der Waals surface area (Å²) in [7, 11) is 0. The zero-order valence-corrected chi connectivity index (χ0v) is 17.1. The molecule has 0 spiro atoms. The van der Waals surface area contributed by atoms with Crippen LogP contribution in [0.25, 0.3) is 0 Å². The monoisotopic (exact) mass is 402 g/mol. The number of benzene rings is 3. The predicted octanol–water partition coefficient (Wildman–Crippen LogP) is 3.62. The molecule has 0 unspecified atom stereocenters. The van der Waals surface area contributed by atoms with E-state index in [4.69, 9.17) is 0 Å². The van der Waals surface area contributed by atoms with Crippen molar-refractivity contribution in [2.75, 3.05) is 0 Å². The fraction of sp³-hybridized carbons (Fsp3) is 0.125. The van der Waals surface area contributed by atoms with Crippen LogP contribution in [0.3, 0.4) is 0 Å². The minimum absolute atomic E-state index is 0.412. The van der Waals surface area contributed by atoms with E-state index in [1.807, 2.05) is 24.3 Å². The Morgan fingerprint density at radius 3 is 1.46 bits per heavy atom. The molecule has 0 amide bonds. The Morgan fingerprint density at radius 2 is 1.12 bits per heavy atom. The molecule has 0 fully saturated rings. The van der Waals surface area contributed by atoms with Gasteiger partial charge in [-0.05, 0) is 0 Å². The molecule has 1 nitrogen and oxygen atoms in total. The summed E-state index contributed by atoms with van der Waals surface area (Å²) in [5.74, 6) is 0. The summed E-state index contributed by atoms with van der Waals surface area (Å²) in [5, 5.41) is 0. The van der Waals surface area contributed by atoms with E-state index in [9.17, 15) is 4.79 Å². The quantitative estimate of drug-likeness (QED) is 0.320. The number of allylic oxidation sites excluding steroid dienone is 1. The van der Waals surface area contributed by atoms with E-state index in [0.29, 0.717) is 11.0 Å². The Kier molecular flexibility index (Phi) is 6.24. The Balaban J connectivity index is 2.24. The van der Waals surface area contributed by atoms with Crippen molar-refractivity contribution < 1.29 is 4.79 Å². The maximum absolute atomic E-state index is 13.8. The molecule has 0 aliphatic heterocycles. The second-order valence-electron chi connectivity index (χ2n) is 6.45. The zero-order valence-electron chi connectivity index (χ0n) is 15.0. The molecule has 0 aromatic heterocycles. The van der Waals surface area contributed by atoms with Crippen molar-refractivity contribution in [3.8, 4) is 0 Å². The molecule has 0 N–H and O–H groups in total. The summed E-state index contributed by atoms with van der Waals surface area (Å²) in [4.78, 5) is 13.8. The van der Waals surface area contributed by atoms with E-state index in [1.165, 1.54) is 13.2 Å². The number of rotatable bonds is 8. The van der Waals surface area contributed by atoms with Gasteiger partial charge < -0.3 is 0 Å². The van der Waals surface area contributed by atoms with E-state index >= 15 is 0 Å². The van der Waals surface area contributed by atoms with Crippen LogP contribution < -0.4 is 13.2 Å². The average Bonchev–Trinajstić information content (AvgIpc) is 2.71. The molecule has 3 aromatic rings. The van der Waals surface area contributed by atoms with E-state index < -0.39 is 13.3 Å². The summed E-state index contributed by atoms with van der Waals surface area (Å²) < 4.78 is 4.02. The third-order valence-corrected chi connectivity index (χ3v) is 14.7. The fourth-order valence-corrected chi connectivity index (χ4v) is 13.3. The van der Waals surface area contributed by atoms with Gasteiger partial charge in [0.25, 0.3) is 0 Å². The third-order valence-electron chi connectivity index (χ3n) is 4.85. The van der Waals surface area contributed by atoms with Gasteiger partial charge in [0.2, 0.25) is 0 Å². The molecule has 0 radical (unpaired) electrons. The number of hydrogen-bond donors (Lipinski definition) is 0. The van der Waals surface area contributed by atoms with Crippen LogP contribution in [0.5, 0.6) is 0 Å². The zero-order chi connectivity index (χ0) is 18.2. The van der Waals surface area contributed by atoms with Crippen LogP contribution >= 0.6 is 0 Å². The Labute approximate surface area is 158 Å². The molecule has 26 heavy (non-hydrogen) atoms. The third kappa shape index (κ3) is 3.58. The van der Waals surface area contributed by atoms with Gasteiger partial charge in [-0.15, -0.1) is 0 Å². The molecule has 0 bridgehead atoms. The molecule has 3 rings (SSSR count). The average molecular weight is 401 g/mol. The van der Waals surface area contributed by atoms with Gasteiger partial charge in [-0.25, -0.2) is 0 Å². The van der Waals surface area contributed by atoms with E-state index in [1.54, 1.807) is 0 Å². The molecular formula is C24H24GeO. The SMILES string of the molecule is C=CCCC[C](=O)[Ge]([c]1ccccc1)([c]1ccccc1)[c]1ccccc1. The number of hydrogen-bond acceptors (Lipinski definition) is 1. The summed E-state index contributed by atoms with van der Waals surface area (Å²) in [6, 6.07) is 31.3. The Morgan fingerprint density at radius 1 is 0.731 bits per heavy atom. The van der Waals surface area contributed by atoms with Crippen LogP contribution in [0, 0.1) is 0 Å². The molecule has 0 aliphatic rings. The second-order valence-corrected chi connectivity index (χ2v) is 14.4. The van der Waals surface area contributed by atoms with Gasteiger partial charge in [-0.2, -0.15) is 0 Å². The first-order chi connectivity index (χ1) is 12.8. The number of carbonyl (C=O) groups excluding carboxylic acids is 1. The van der Waals surface area contributed by atoms with Gasteiger partial charge in [0, 0.05) is 0 Å². The van der Waals surface area contributed by atoms with E-state index in [2.05, 4.69) is 79.4 Å². The first-order valence-electron chi connectivity index (χ1n) is 9.11. The molecule has 3 aromatic carbocycles. The minimum atomic E-state index is -3.44. The molecule has 2 heteroatoms. The Bertz CT molecular complexity index is 744. The standard InChI is InChI=1S/C24H24GeO/c1-2-3-7-20-24(26)25(21-14-8-4-9-15-21,22-16-10-5-11-17-22)23-18-12-6-13-19-23/h2,4-6,8-19H,1,3,7,20H2. The summed E-state index contributed by atoms with van der Waals surface area (Å²) >= 11 is -3.44. The van der Waals surface area contributed by atoms with Crippen molar-refractivity contribution >= 4 is 31.1 Å². The fourth-order valence-electron chi connectivity index (χ4n) is 3.64. The second kappa shape index (κ2) is 8.82. The molecule has 0 atom stereocenters. The Hall–Kier alpha value is -2.39. The molecule has 0 aliphatic carbocycles. The molecule has 0 heterocycles. The van der Waals surface area contributed by atoms with Crippen molar-refractivity contribution in [1.82, 2.24) is 0 Å². The van der Waals surface area contributed by atoms with Crippen LogP contribution in [0.1, 0.15) is 19.3 Å². The molecular weight excluding hydrogens is 377 g/mol. The van der Waals surface area contributed by atoms with Crippen molar-refractivity contribution in [3.63, 3.8) is 0 Å². The van der Waals surface area contributed by atoms with Gasteiger partial charge in [0.1, 0.15) is 0 Å². The van der Waals surface area contributed by atoms with Crippen LogP contribution in [-0.2, 0) is 4.79 Å². The number of unbranched alkanes of at least 4 members (excludes halogenated alkanes) is 1. The van der Waals surface area contributed by atoms with Gasteiger partial charge >= 0.3 is 159 Å². The number of carbonyl (C=O) groups is 1. The van der Waals surface area contributed by atoms with Crippen molar-refractivity contribution in [1.29, 1.82) is 0 Å². The normalized spacial score (nSPS) is 11.1. The summed E-state index contributed by atoms with van der Waals surface area (Å²) in [5.41, 5.74) is 0. The van der Waals surface area contributed by atoms with Crippen molar-refractivity contribution in [3.05, 3.63) is 104 Å². The van der Waals surface area contributed by atoms with Gasteiger partial charge in [-0.3, -0.25) is 0 Å². The van der Waals surface area contributed by atoms with Crippen LogP contribution in [0.4, 0.5) is 0 Å². The van der Waals surface area contributed by atoms with E-state index in [-0.39, 0.29) is 0 Å². The van der Waals surface area contributed by atoms with Gasteiger partial charge in [-0.1, -0.05) is 0 Å². The van der Waals surface area contributed by atoms with Crippen molar-refractivity contribution in [2.45, 2.75) is 19.3 Å². The van der Waals surface area contributed by atoms with Gasteiger partial charge in [0.15, 0.2) is 0 Å². The molecule has 0 saturated heterocycles. The van der Waals surface area contributed by atoms with Crippen LogP contribution in [0.2, 0.25) is 0 Å². The first kappa shape index (κ1) is 18.4.